The van der Waals surface area contributed by atoms with Crippen LogP contribution in [-0.4, -0.2) is 17.6 Å². The molecular weight excluding hydrogens is 340 g/mol. The molecule has 0 saturated heterocycles. The number of primary amides is 1. The van der Waals surface area contributed by atoms with Crippen molar-refractivity contribution in [1.82, 2.24) is 0 Å². The summed E-state index contributed by atoms with van der Waals surface area (Å²) < 4.78 is 0. The lowest BCUT2D eigenvalue weighted by molar-refractivity contribution is -0.113. The molecule has 0 aliphatic heterocycles. The van der Waals surface area contributed by atoms with Crippen molar-refractivity contribution in [3.8, 4) is 0 Å². The molecule has 0 spiro atoms. The zero-order valence-electron chi connectivity index (χ0n) is 13.3. The minimum atomic E-state index is -0.443. The predicted octanol–water partition coefficient (Wildman–Crippen LogP) is 3.60. The highest BCUT2D eigenvalue weighted by atomic mass is 32.2. The quantitative estimate of drug-likeness (QED) is 0.827. The third-order valence-electron chi connectivity index (χ3n) is 4.02. The number of hydrogen-bond donors (Lipinski definition) is 2. The zero-order valence-corrected chi connectivity index (χ0v) is 15.0. The first-order chi connectivity index (χ1) is 11.6. The SMILES string of the molecule is NC(=O)c1c(NC(=O)CSCc2ccccc2)sc2c1CCCC2. The average Bonchev–Trinajstić information content (AvgIpc) is 2.93. The van der Waals surface area contributed by atoms with Gasteiger partial charge in [-0.15, -0.1) is 23.1 Å². The topological polar surface area (TPSA) is 72.2 Å². The number of benzene rings is 1. The van der Waals surface area contributed by atoms with E-state index in [0.717, 1.165) is 37.0 Å². The second kappa shape index (κ2) is 7.85. The highest BCUT2D eigenvalue weighted by molar-refractivity contribution is 7.99. The molecule has 0 fully saturated rings. The van der Waals surface area contributed by atoms with Gasteiger partial charge < -0.3 is 11.1 Å². The van der Waals surface area contributed by atoms with Crippen molar-refractivity contribution in [1.29, 1.82) is 0 Å². The van der Waals surface area contributed by atoms with Crippen LogP contribution in [0.1, 0.15) is 39.2 Å². The number of nitrogens with one attached hydrogen (secondary N) is 1. The Morgan fingerprint density at radius 1 is 1.17 bits per heavy atom. The van der Waals surface area contributed by atoms with Gasteiger partial charge in [0.25, 0.3) is 5.91 Å². The zero-order chi connectivity index (χ0) is 16.9. The molecule has 0 radical (unpaired) electrons. The second-order valence-electron chi connectivity index (χ2n) is 5.81. The van der Waals surface area contributed by atoms with Crippen LogP contribution in [0.15, 0.2) is 30.3 Å². The fourth-order valence-corrected chi connectivity index (χ4v) is 5.01. The highest BCUT2D eigenvalue weighted by Gasteiger charge is 2.24. The first-order valence-electron chi connectivity index (χ1n) is 8.01. The number of fused-ring (bicyclic) bond motifs is 1. The number of anilines is 1. The molecule has 24 heavy (non-hydrogen) atoms. The fourth-order valence-electron chi connectivity index (χ4n) is 2.91. The van der Waals surface area contributed by atoms with E-state index in [0.29, 0.717) is 16.3 Å². The summed E-state index contributed by atoms with van der Waals surface area (Å²) in [7, 11) is 0. The molecule has 4 nitrogen and oxygen atoms in total. The molecule has 3 N–H and O–H groups in total. The summed E-state index contributed by atoms with van der Waals surface area (Å²) in [5, 5.41) is 3.52. The van der Waals surface area contributed by atoms with Gasteiger partial charge in [0.2, 0.25) is 5.91 Å². The number of nitrogens with two attached hydrogens (primary N) is 1. The van der Waals surface area contributed by atoms with Crippen molar-refractivity contribution in [2.75, 3.05) is 11.1 Å². The van der Waals surface area contributed by atoms with Crippen molar-refractivity contribution in [2.24, 2.45) is 5.73 Å². The number of amides is 2. The molecule has 0 saturated carbocycles. The second-order valence-corrected chi connectivity index (χ2v) is 7.90. The highest BCUT2D eigenvalue weighted by Crippen LogP contribution is 2.37. The monoisotopic (exact) mass is 360 g/mol. The van der Waals surface area contributed by atoms with E-state index in [4.69, 9.17) is 5.73 Å². The van der Waals surface area contributed by atoms with Gasteiger partial charge in [0.15, 0.2) is 0 Å². The summed E-state index contributed by atoms with van der Waals surface area (Å²) in [6, 6.07) is 10.0. The van der Waals surface area contributed by atoms with Gasteiger partial charge in [0, 0.05) is 10.6 Å². The minimum absolute atomic E-state index is 0.0861. The molecule has 2 aromatic rings. The standard InChI is InChI=1S/C18H20N2O2S2/c19-17(22)16-13-8-4-5-9-14(13)24-18(16)20-15(21)11-23-10-12-6-2-1-3-7-12/h1-3,6-7H,4-5,8-11H2,(H2,19,22)(H,20,21). The molecule has 6 heteroatoms. The maximum Gasteiger partial charge on any atom is 0.251 e. The Kier molecular flexibility index (Phi) is 5.58. The fraction of sp³-hybridized carbons (Fsp3) is 0.333. The van der Waals surface area contributed by atoms with Crippen molar-refractivity contribution < 1.29 is 9.59 Å². The van der Waals surface area contributed by atoms with Crippen molar-refractivity contribution in [2.45, 2.75) is 31.4 Å². The Bertz CT molecular complexity index is 741. The van der Waals surface area contributed by atoms with E-state index in [1.807, 2.05) is 30.3 Å². The number of carbonyl (C=O) groups is 2. The van der Waals surface area contributed by atoms with E-state index in [1.165, 1.54) is 21.8 Å². The lowest BCUT2D eigenvalue weighted by Gasteiger charge is -2.11. The third kappa shape index (κ3) is 3.99. The van der Waals surface area contributed by atoms with Gasteiger partial charge in [0.05, 0.1) is 11.3 Å². The van der Waals surface area contributed by atoms with Gasteiger partial charge in [-0.2, -0.15) is 0 Å². The Morgan fingerprint density at radius 2 is 1.92 bits per heavy atom. The Morgan fingerprint density at radius 3 is 2.67 bits per heavy atom. The predicted molar refractivity (Wildman–Crippen MR) is 101 cm³/mol. The summed E-state index contributed by atoms with van der Waals surface area (Å²) in [6.45, 7) is 0. The first-order valence-corrected chi connectivity index (χ1v) is 9.98. The molecule has 0 atom stereocenters. The van der Waals surface area contributed by atoms with Crippen molar-refractivity contribution in [3.05, 3.63) is 51.9 Å². The van der Waals surface area contributed by atoms with Crippen LogP contribution >= 0.6 is 23.1 Å². The number of carbonyl (C=O) groups excluding carboxylic acids is 2. The van der Waals surface area contributed by atoms with Gasteiger partial charge in [-0.3, -0.25) is 9.59 Å². The normalized spacial score (nSPS) is 13.3. The lowest BCUT2D eigenvalue weighted by Crippen LogP contribution is -2.19. The number of rotatable bonds is 6. The summed E-state index contributed by atoms with van der Waals surface area (Å²) >= 11 is 3.07. The summed E-state index contributed by atoms with van der Waals surface area (Å²) in [5.74, 6) is 0.617. The Labute approximate surface area is 149 Å². The number of hydrogen-bond acceptors (Lipinski definition) is 4. The maximum atomic E-state index is 12.2. The largest absolute Gasteiger partial charge is 0.365 e. The van der Waals surface area contributed by atoms with Crippen LogP contribution < -0.4 is 11.1 Å². The van der Waals surface area contributed by atoms with Gasteiger partial charge in [0.1, 0.15) is 5.00 Å². The lowest BCUT2D eigenvalue weighted by atomic mass is 9.95. The molecule has 0 bridgehead atoms. The third-order valence-corrected chi connectivity index (χ3v) is 6.23. The van der Waals surface area contributed by atoms with Crippen molar-refractivity contribution in [3.63, 3.8) is 0 Å². The van der Waals surface area contributed by atoms with Crippen LogP contribution in [0.4, 0.5) is 5.00 Å². The van der Waals surface area contributed by atoms with E-state index in [9.17, 15) is 9.59 Å². The average molecular weight is 361 g/mol. The van der Waals surface area contributed by atoms with Gasteiger partial charge >= 0.3 is 0 Å². The van der Waals surface area contributed by atoms with Crippen LogP contribution in [0.2, 0.25) is 0 Å². The molecule has 126 valence electrons. The van der Waals surface area contributed by atoms with E-state index >= 15 is 0 Å². The van der Waals surface area contributed by atoms with Gasteiger partial charge in [-0.1, -0.05) is 30.3 Å². The summed E-state index contributed by atoms with van der Waals surface area (Å²) in [6.07, 6.45) is 4.05. The summed E-state index contributed by atoms with van der Waals surface area (Å²) in [5.41, 5.74) is 8.31. The smallest absolute Gasteiger partial charge is 0.251 e. The maximum absolute atomic E-state index is 12.2. The molecule has 2 amide bonds. The Balaban J connectivity index is 1.62. The molecular formula is C18H20N2O2S2. The van der Waals surface area contributed by atoms with Crippen LogP contribution in [0, 0.1) is 0 Å². The molecule has 1 aliphatic carbocycles. The Hall–Kier alpha value is -1.79. The molecule has 1 aromatic carbocycles. The number of thioether (sulfide) groups is 1. The minimum Gasteiger partial charge on any atom is -0.365 e. The number of thiophene rings is 1. The van der Waals surface area contributed by atoms with Gasteiger partial charge in [-0.05, 0) is 36.8 Å². The molecule has 1 heterocycles. The molecule has 1 aromatic heterocycles. The van der Waals surface area contributed by atoms with E-state index in [-0.39, 0.29) is 5.91 Å². The molecule has 3 rings (SSSR count). The van der Waals surface area contributed by atoms with Gasteiger partial charge in [-0.25, -0.2) is 0 Å². The van der Waals surface area contributed by atoms with E-state index in [1.54, 1.807) is 11.8 Å². The first kappa shape index (κ1) is 17.0. The van der Waals surface area contributed by atoms with E-state index in [2.05, 4.69) is 5.32 Å². The van der Waals surface area contributed by atoms with Crippen LogP contribution in [0.5, 0.6) is 0 Å². The molecule has 1 aliphatic rings. The van der Waals surface area contributed by atoms with E-state index < -0.39 is 5.91 Å². The number of aryl methyl sites for hydroxylation is 1. The van der Waals surface area contributed by atoms with Crippen LogP contribution in [0.25, 0.3) is 0 Å². The van der Waals surface area contributed by atoms with Crippen LogP contribution in [-0.2, 0) is 23.4 Å². The summed E-state index contributed by atoms with van der Waals surface area (Å²) in [4.78, 5) is 25.2. The molecule has 0 unspecified atom stereocenters. The van der Waals surface area contributed by atoms with Crippen LogP contribution in [0.3, 0.4) is 0 Å². The van der Waals surface area contributed by atoms with Crippen molar-refractivity contribution >= 4 is 39.9 Å².